The summed E-state index contributed by atoms with van der Waals surface area (Å²) in [6.45, 7) is 2.58. The molecular weight excluding hydrogens is 170 g/mol. The van der Waals surface area contributed by atoms with Crippen molar-refractivity contribution >= 4 is 0 Å². The first-order valence-electron chi connectivity index (χ1n) is 4.53. The second-order valence-electron chi connectivity index (χ2n) is 3.25. The van der Waals surface area contributed by atoms with Gasteiger partial charge in [0.05, 0.1) is 12.1 Å². The number of nitrogens with zero attached hydrogens (tertiary/aromatic N) is 2. The Bertz CT molecular complexity index is 287. The molecule has 5 nitrogen and oxygen atoms in total. The predicted octanol–water partition coefficient (Wildman–Crippen LogP) is 0.0273. The minimum atomic E-state index is -0.290. The van der Waals surface area contributed by atoms with E-state index in [1.807, 2.05) is 6.92 Å². The number of aryl methyl sites for hydroxylation is 1. The van der Waals surface area contributed by atoms with Crippen molar-refractivity contribution in [3.05, 3.63) is 11.7 Å². The van der Waals surface area contributed by atoms with Crippen molar-refractivity contribution in [3.8, 4) is 0 Å². The van der Waals surface area contributed by atoms with Crippen molar-refractivity contribution in [1.82, 2.24) is 15.5 Å². The van der Waals surface area contributed by atoms with Gasteiger partial charge in [-0.15, -0.1) is 0 Å². The van der Waals surface area contributed by atoms with Gasteiger partial charge in [-0.3, -0.25) is 0 Å². The van der Waals surface area contributed by atoms with Crippen LogP contribution in [0.25, 0.3) is 0 Å². The summed E-state index contributed by atoms with van der Waals surface area (Å²) in [6, 6.07) is 0.0304. The van der Waals surface area contributed by atoms with Gasteiger partial charge in [0.2, 0.25) is 5.89 Å². The molecule has 72 valence electrons. The number of hydrogen-bond acceptors (Lipinski definition) is 5. The third kappa shape index (κ3) is 1.71. The fourth-order valence-corrected chi connectivity index (χ4v) is 1.46. The summed E-state index contributed by atoms with van der Waals surface area (Å²) in [7, 11) is 0. The number of aliphatic hydroxyl groups is 1. The predicted molar refractivity (Wildman–Crippen MR) is 45.0 cm³/mol. The van der Waals surface area contributed by atoms with Gasteiger partial charge in [0.15, 0.2) is 5.82 Å². The van der Waals surface area contributed by atoms with Crippen molar-refractivity contribution in [2.75, 3.05) is 6.54 Å². The second kappa shape index (κ2) is 3.43. The zero-order valence-electron chi connectivity index (χ0n) is 7.53. The van der Waals surface area contributed by atoms with Gasteiger partial charge in [-0.05, 0) is 6.42 Å². The summed E-state index contributed by atoms with van der Waals surface area (Å²) >= 11 is 0. The van der Waals surface area contributed by atoms with E-state index in [0.717, 1.165) is 12.2 Å². The van der Waals surface area contributed by atoms with E-state index < -0.39 is 0 Å². The Morgan fingerprint density at radius 2 is 2.54 bits per heavy atom. The molecule has 1 aliphatic rings. The number of nitrogens with one attached hydrogen (secondary N) is 1. The lowest BCUT2D eigenvalue weighted by molar-refractivity contribution is 0.191. The zero-order valence-corrected chi connectivity index (χ0v) is 7.53. The fraction of sp³-hybridized carbons (Fsp3) is 0.750. The lowest BCUT2D eigenvalue weighted by Crippen LogP contribution is -2.15. The highest BCUT2D eigenvalue weighted by atomic mass is 16.5. The first-order valence-corrected chi connectivity index (χ1v) is 4.53. The Kier molecular flexibility index (Phi) is 2.28. The van der Waals surface area contributed by atoms with Crippen LogP contribution in [0.3, 0.4) is 0 Å². The average molecular weight is 183 g/mol. The van der Waals surface area contributed by atoms with Crippen molar-refractivity contribution in [3.63, 3.8) is 0 Å². The quantitative estimate of drug-likeness (QED) is 0.676. The van der Waals surface area contributed by atoms with E-state index in [2.05, 4.69) is 15.5 Å². The molecular formula is C8H13N3O2. The number of aliphatic hydroxyl groups excluding tert-OH is 1. The Morgan fingerprint density at radius 3 is 3.08 bits per heavy atom. The van der Waals surface area contributed by atoms with Crippen LogP contribution in [-0.2, 0) is 6.42 Å². The van der Waals surface area contributed by atoms with Crippen LogP contribution in [0.1, 0.15) is 31.1 Å². The molecule has 2 rings (SSSR count). The van der Waals surface area contributed by atoms with Crippen LogP contribution in [-0.4, -0.2) is 27.9 Å². The Morgan fingerprint density at radius 1 is 1.69 bits per heavy atom. The highest BCUT2D eigenvalue weighted by molar-refractivity contribution is 4.97. The lowest BCUT2D eigenvalue weighted by atomic mass is 10.2. The van der Waals surface area contributed by atoms with E-state index in [4.69, 9.17) is 4.52 Å². The second-order valence-corrected chi connectivity index (χ2v) is 3.25. The largest absolute Gasteiger partial charge is 0.392 e. The van der Waals surface area contributed by atoms with E-state index in [1.165, 1.54) is 0 Å². The third-order valence-electron chi connectivity index (χ3n) is 2.21. The van der Waals surface area contributed by atoms with Crippen LogP contribution < -0.4 is 5.32 Å². The highest BCUT2D eigenvalue weighted by Crippen LogP contribution is 2.21. The lowest BCUT2D eigenvalue weighted by Gasteiger charge is -2.01. The summed E-state index contributed by atoms with van der Waals surface area (Å²) in [4.78, 5) is 4.19. The Balaban J connectivity index is 2.08. The van der Waals surface area contributed by atoms with E-state index in [-0.39, 0.29) is 12.1 Å². The Hall–Kier alpha value is -0.940. The molecule has 0 amide bonds. The first kappa shape index (κ1) is 8.65. The van der Waals surface area contributed by atoms with Gasteiger partial charge in [-0.25, -0.2) is 0 Å². The molecule has 0 aliphatic carbocycles. The molecule has 0 spiro atoms. The molecule has 1 saturated heterocycles. The third-order valence-corrected chi connectivity index (χ3v) is 2.21. The summed E-state index contributed by atoms with van der Waals surface area (Å²) < 4.78 is 5.05. The monoisotopic (exact) mass is 183 g/mol. The maximum atomic E-state index is 9.27. The normalized spacial score (nSPS) is 28.2. The van der Waals surface area contributed by atoms with Crippen LogP contribution in [0, 0.1) is 0 Å². The molecule has 1 aromatic rings. The molecule has 0 bridgehead atoms. The van der Waals surface area contributed by atoms with E-state index in [0.29, 0.717) is 18.9 Å². The van der Waals surface area contributed by atoms with Gasteiger partial charge in [-0.1, -0.05) is 12.1 Å². The van der Waals surface area contributed by atoms with Gasteiger partial charge in [-0.2, -0.15) is 4.98 Å². The van der Waals surface area contributed by atoms with Crippen molar-refractivity contribution in [2.24, 2.45) is 0 Å². The van der Waals surface area contributed by atoms with Crippen LogP contribution in [0.2, 0.25) is 0 Å². The van der Waals surface area contributed by atoms with E-state index >= 15 is 0 Å². The van der Waals surface area contributed by atoms with Gasteiger partial charge in [0.1, 0.15) is 0 Å². The topological polar surface area (TPSA) is 71.2 Å². The maximum absolute atomic E-state index is 9.27. The summed E-state index contributed by atoms with van der Waals surface area (Å²) in [6.07, 6.45) is 1.14. The Labute approximate surface area is 76.1 Å². The number of aromatic nitrogens is 2. The van der Waals surface area contributed by atoms with Gasteiger partial charge in [0.25, 0.3) is 0 Å². The minimum Gasteiger partial charge on any atom is -0.392 e. The molecule has 2 heterocycles. The molecule has 2 N–H and O–H groups in total. The minimum absolute atomic E-state index is 0.0304. The van der Waals surface area contributed by atoms with Gasteiger partial charge >= 0.3 is 0 Å². The van der Waals surface area contributed by atoms with E-state index in [1.54, 1.807) is 0 Å². The standard InChI is InChI=1S/C8H13N3O2/c1-2-7-10-8(13-11-7)6-3-5(12)4-9-6/h5-6,9,12H,2-4H2,1H3/t5?,6-/m0/s1. The fourth-order valence-electron chi connectivity index (χ4n) is 1.46. The molecule has 2 atom stereocenters. The van der Waals surface area contributed by atoms with Crippen LogP contribution in [0.15, 0.2) is 4.52 Å². The molecule has 1 unspecified atom stereocenters. The van der Waals surface area contributed by atoms with E-state index in [9.17, 15) is 5.11 Å². The highest BCUT2D eigenvalue weighted by Gasteiger charge is 2.27. The van der Waals surface area contributed by atoms with Crippen molar-refractivity contribution in [2.45, 2.75) is 31.9 Å². The molecule has 0 radical (unpaired) electrons. The molecule has 0 aromatic carbocycles. The average Bonchev–Trinajstić information content (AvgIpc) is 2.71. The summed E-state index contributed by atoms with van der Waals surface area (Å²) in [5.74, 6) is 1.31. The van der Waals surface area contributed by atoms with Gasteiger partial charge < -0.3 is 14.9 Å². The maximum Gasteiger partial charge on any atom is 0.243 e. The molecule has 1 aromatic heterocycles. The van der Waals surface area contributed by atoms with Crippen LogP contribution in [0.5, 0.6) is 0 Å². The SMILES string of the molecule is CCc1noc([C@@H]2CC(O)CN2)n1. The molecule has 5 heteroatoms. The molecule has 0 saturated carbocycles. The molecule has 1 fully saturated rings. The number of β-amino-alcohol motifs (C(OH)–C–C–N with tert-alkyl or cyclic N) is 1. The molecule has 1 aliphatic heterocycles. The summed E-state index contributed by atoms with van der Waals surface area (Å²) in [5.41, 5.74) is 0. The smallest absolute Gasteiger partial charge is 0.243 e. The summed E-state index contributed by atoms with van der Waals surface area (Å²) in [5, 5.41) is 16.2. The number of rotatable bonds is 2. The van der Waals surface area contributed by atoms with Crippen LogP contribution in [0.4, 0.5) is 0 Å². The number of hydrogen-bond donors (Lipinski definition) is 2. The molecule has 13 heavy (non-hydrogen) atoms. The van der Waals surface area contributed by atoms with Gasteiger partial charge in [0, 0.05) is 13.0 Å². The van der Waals surface area contributed by atoms with Crippen molar-refractivity contribution in [1.29, 1.82) is 0 Å². The van der Waals surface area contributed by atoms with Crippen LogP contribution >= 0.6 is 0 Å². The first-order chi connectivity index (χ1) is 6.29. The zero-order chi connectivity index (χ0) is 9.26. The van der Waals surface area contributed by atoms with Crippen molar-refractivity contribution < 1.29 is 9.63 Å².